The molecule has 0 aromatic carbocycles. The van der Waals surface area contributed by atoms with Crippen LogP contribution in [0.1, 0.15) is 33.1 Å². The third kappa shape index (κ3) is 7.33. The third-order valence-electron chi connectivity index (χ3n) is 1.38. The molecule has 0 spiro atoms. The minimum absolute atomic E-state index is 0.0561. The molecule has 1 atom stereocenters. The third-order valence-corrected chi connectivity index (χ3v) is 1.38. The Morgan fingerprint density at radius 1 is 1.64 bits per heavy atom. The zero-order valence-electron chi connectivity index (χ0n) is 7.39. The van der Waals surface area contributed by atoms with Crippen molar-refractivity contribution in [1.82, 2.24) is 5.32 Å². The van der Waals surface area contributed by atoms with Crippen LogP contribution in [0.15, 0.2) is 0 Å². The highest BCUT2D eigenvalue weighted by atomic mass is 16.1. The Labute approximate surface area is 68.3 Å². The molecule has 0 bridgehead atoms. The van der Waals surface area contributed by atoms with Crippen LogP contribution in [0.25, 0.3) is 0 Å². The van der Waals surface area contributed by atoms with Gasteiger partial charge in [-0.2, -0.15) is 0 Å². The number of hydrogen-bond donors (Lipinski definition) is 2. The molecular formula is C8H18N2O. The molecule has 0 aliphatic rings. The normalized spacial score (nSPS) is 12.6. The monoisotopic (exact) mass is 158 g/mol. The lowest BCUT2D eigenvalue weighted by atomic mass is 10.2. The first-order valence-corrected chi connectivity index (χ1v) is 4.19. The number of carbonyl (C=O) groups excluding carboxylic acids is 1. The van der Waals surface area contributed by atoms with Crippen molar-refractivity contribution in [2.24, 2.45) is 5.73 Å². The molecule has 0 aliphatic heterocycles. The highest BCUT2D eigenvalue weighted by Gasteiger charge is 1.99. The highest BCUT2D eigenvalue weighted by Crippen LogP contribution is 1.92. The van der Waals surface area contributed by atoms with E-state index in [2.05, 4.69) is 12.2 Å². The van der Waals surface area contributed by atoms with Gasteiger partial charge >= 0.3 is 0 Å². The molecule has 0 aromatic rings. The zero-order chi connectivity index (χ0) is 8.69. The van der Waals surface area contributed by atoms with Crippen molar-refractivity contribution >= 4 is 5.91 Å². The van der Waals surface area contributed by atoms with Crippen molar-refractivity contribution in [2.45, 2.75) is 39.2 Å². The van der Waals surface area contributed by atoms with Crippen LogP contribution in [0.2, 0.25) is 0 Å². The quantitative estimate of drug-likeness (QED) is 0.617. The molecule has 0 aliphatic carbocycles. The number of nitrogens with one attached hydrogen (secondary N) is 1. The Balaban J connectivity index is 3.23. The van der Waals surface area contributed by atoms with E-state index in [0.29, 0.717) is 13.0 Å². The SMILES string of the molecule is CCCCC(=O)NCC(C)N. The van der Waals surface area contributed by atoms with Crippen molar-refractivity contribution in [2.75, 3.05) is 6.54 Å². The van der Waals surface area contributed by atoms with E-state index >= 15 is 0 Å². The molecule has 0 fully saturated rings. The molecule has 0 radical (unpaired) electrons. The van der Waals surface area contributed by atoms with Crippen LogP contribution in [-0.2, 0) is 4.79 Å². The molecule has 0 rings (SSSR count). The van der Waals surface area contributed by atoms with E-state index < -0.39 is 0 Å². The first-order chi connectivity index (χ1) is 5.16. The molecule has 1 amide bonds. The molecule has 11 heavy (non-hydrogen) atoms. The standard InChI is InChI=1S/C8H18N2O/c1-3-4-5-8(11)10-6-7(2)9/h7H,3-6,9H2,1-2H3,(H,10,11). The lowest BCUT2D eigenvalue weighted by molar-refractivity contribution is -0.121. The van der Waals surface area contributed by atoms with Crippen molar-refractivity contribution in [3.8, 4) is 0 Å². The van der Waals surface area contributed by atoms with E-state index in [1.165, 1.54) is 0 Å². The van der Waals surface area contributed by atoms with Crippen molar-refractivity contribution in [3.63, 3.8) is 0 Å². The average molecular weight is 158 g/mol. The minimum Gasteiger partial charge on any atom is -0.355 e. The second kappa shape index (κ2) is 6.16. The molecule has 0 saturated heterocycles. The summed E-state index contributed by atoms with van der Waals surface area (Å²) in [5.74, 6) is 0.115. The maximum Gasteiger partial charge on any atom is 0.220 e. The molecule has 0 heterocycles. The molecule has 3 heteroatoms. The topological polar surface area (TPSA) is 55.1 Å². The van der Waals surface area contributed by atoms with Crippen molar-refractivity contribution in [1.29, 1.82) is 0 Å². The Morgan fingerprint density at radius 2 is 2.27 bits per heavy atom. The fourth-order valence-corrected chi connectivity index (χ4v) is 0.701. The lowest BCUT2D eigenvalue weighted by Crippen LogP contribution is -2.34. The van der Waals surface area contributed by atoms with Gasteiger partial charge in [0.2, 0.25) is 5.91 Å². The van der Waals surface area contributed by atoms with Gasteiger partial charge in [0.05, 0.1) is 0 Å². The Hall–Kier alpha value is -0.570. The van der Waals surface area contributed by atoms with Crippen LogP contribution in [0.3, 0.4) is 0 Å². The number of rotatable bonds is 5. The predicted octanol–water partition coefficient (Wildman–Crippen LogP) is 0.640. The van der Waals surface area contributed by atoms with Crippen LogP contribution in [0.5, 0.6) is 0 Å². The summed E-state index contributed by atoms with van der Waals surface area (Å²) < 4.78 is 0. The summed E-state index contributed by atoms with van der Waals surface area (Å²) in [5, 5.41) is 2.75. The molecule has 3 nitrogen and oxygen atoms in total. The van der Waals surface area contributed by atoms with Gasteiger partial charge in [-0.25, -0.2) is 0 Å². The van der Waals surface area contributed by atoms with Gasteiger partial charge in [-0.05, 0) is 13.3 Å². The van der Waals surface area contributed by atoms with Crippen LogP contribution in [0, 0.1) is 0 Å². The van der Waals surface area contributed by atoms with Gasteiger partial charge in [0.15, 0.2) is 0 Å². The summed E-state index contributed by atoms with van der Waals surface area (Å²) in [6, 6.07) is 0.0561. The average Bonchev–Trinajstić information content (AvgIpc) is 1.97. The van der Waals surface area contributed by atoms with Gasteiger partial charge in [-0.15, -0.1) is 0 Å². The molecular weight excluding hydrogens is 140 g/mol. The van der Waals surface area contributed by atoms with E-state index in [-0.39, 0.29) is 11.9 Å². The zero-order valence-corrected chi connectivity index (χ0v) is 7.39. The van der Waals surface area contributed by atoms with Gasteiger partial charge in [0.1, 0.15) is 0 Å². The van der Waals surface area contributed by atoms with E-state index in [1.54, 1.807) is 0 Å². The molecule has 0 aromatic heterocycles. The summed E-state index contributed by atoms with van der Waals surface area (Å²) in [4.78, 5) is 10.9. The number of amides is 1. The van der Waals surface area contributed by atoms with Crippen LogP contribution >= 0.6 is 0 Å². The Morgan fingerprint density at radius 3 is 2.73 bits per heavy atom. The fourth-order valence-electron chi connectivity index (χ4n) is 0.701. The second-order valence-corrected chi connectivity index (χ2v) is 2.88. The van der Waals surface area contributed by atoms with Gasteiger partial charge in [0, 0.05) is 19.0 Å². The first-order valence-electron chi connectivity index (χ1n) is 4.19. The van der Waals surface area contributed by atoms with E-state index in [4.69, 9.17) is 5.73 Å². The van der Waals surface area contributed by atoms with E-state index in [0.717, 1.165) is 12.8 Å². The van der Waals surface area contributed by atoms with Gasteiger partial charge in [-0.1, -0.05) is 13.3 Å². The van der Waals surface area contributed by atoms with E-state index in [9.17, 15) is 4.79 Å². The van der Waals surface area contributed by atoms with E-state index in [1.807, 2.05) is 6.92 Å². The first kappa shape index (κ1) is 10.4. The number of unbranched alkanes of at least 4 members (excludes halogenated alkanes) is 1. The van der Waals surface area contributed by atoms with Crippen LogP contribution < -0.4 is 11.1 Å². The summed E-state index contributed by atoms with van der Waals surface area (Å²) in [5.41, 5.74) is 5.45. The Bertz CT molecular complexity index is 113. The molecule has 3 N–H and O–H groups in total. The summed E-state index contributed by atoms with van der Waals surface area (Å²) in [6.07, 6.45) is 2.65. The number of carbonyl (C=O) groups is 1. The molecule has 0 saturated carbocycles. The second-order valence-electron chi connectivity index (χ2n) is 2.88. The summed E-state index contributed by atoms with van der Waals surface area (Å²) in [6.45, 7) is 4.53. The van der Waals surface area contributed by atoms with Gasteiger partial charge in [0.25, 0.3) is 0 Å². The Kier molecular flexibility index (Phi) is 5.84. The maximum absolute atomic E-state index is 10.9. The highest BCUT2D eigenvalue weighted by molar-refractivity contribution is 5.75. The number of nitrogens with two attached hydrogens (primary N) is 1. The van der Waals surface area contributed by atoms with Gasteiger partial charge < -0.3 is 11.1 Å². The predicted molar refractivity (Wildman–Crippen MR) is 46.2 cm³/mol. The van der Waals surface area contributed by atoms with Crippen molar-refractivity contribution in [3.05, 3.63) is 0 Å². The van der Waals surface area contributed by atoms with Crippen LogP contribution in [0.4, 0.5) is 0 Å². The van der Waals surface area contributed by atoms with Crippen LogP contribution in [-0.4, -0.2) is 18.5 Å². The van der Waals surface area contributed by atoms with Crippen molar-refractivity contribution < 1.29 is 4.79 Å². The fraction of sp³-hybridized carbons (Fsp3) is 0.875. The lowest BCUT2D eigenvalue weighted by Gasteiger charge is -2.06. The largest absolute Gasteiger partial charge is 0.355 e. The summed E-state index contributed by atoms with van der Waals surface area (Å²) in [7, 11) is 0. The summed E-state index contributed by atoms with van der Waals surface area (Å²) >= 11 is 0. The number of hydrogen-bond acceptors (Lipinski definition) is 2. The van der Waals surface area contributed by atoms with Gasteiger partial charge in [-0.3, -0.25) is 4.79 Å². The molecule has 66 valence electrons. The molecule has 1 unspecified atom stereocenters. The smallest absolute Gasteiger partial charge is 0.220 e. The minimum atomic E-state index is 0.0561. The maximum atomic E-state index is 10.9.